The molecule has 8 aromatic rings. The minimum atomic E-state index is -0.654. The van der Waals surface area contributed by atoms with Gasteiger partial charge in [0.25, 0.3) is 11.1 Å². The number of benzene rings is 2. The van der Waals surface area contributed by atoms with Crippen molar-refractivity contribution in [3.05, 3.63) is 81.4 Å². The predicted octanol–water partition coefficient (Wildman–Crippen LogP) is 3.41. The second-order valence-corrected chi connectivity index (χ2v) is 8.20. The van der Waals surface area contributed by atoms with Gasteiger partial charge in [0, 0.05) is 32.3 Å². The van der Waals surface area contributed by atoms with E-state index >= 15 is 0 Å². The third kappa shape index (κ3) is 1.81. The van der Waals surface area contributed by atoms with Crippen LogP contribution in [0.5, 0.6) is 0 Å². The van der Waals surface area contributed by atoms with Gasteiger partial charge in [0.1, 0.15) is 33.4 Å². The molecule has 0 radical (unpaired) electrons. The lowest BCUT2D eigenvalue weighted by Crippen LogP contribution is -2.17. The number of halogens is 2. The molecule has 6 heterocycles. The van der Waals surface area contributed by atoms with Gasteiger partial charge in [-0.15, -0.1) is 0 Å². The Morgan fingerprint density at radius 3 is 1.44 bits per heavy atom. The molecule has 0 fully saturated rings. The number of pyridine rings is 4. The first kappa shape index (κ1) is 17.7. The molecule has 0 unspecified atom stereocenters. The standard InChI is InChI=1S/C24H8F2N6O2/c25-13-5-27-7-15-19(13)31-21(29-15)9-1-3-11-18-10(2-4-12(17(9)18)24(31)34)22-30-16-8-28-6-14(26)20(16)32(22)23(11)33/h1-8H. The first-order valence-electron chi connectivity index (χ1n) is 10.3. The van der Waals surface area contributed by atoms with E-state index in [4.69, 9.17) is 0 Å². The summed E-state index contributed by atoms with van der Waals surface area (Å²) in [6, 6.07) is 6.60. The summed E-state index contributed by atoms with van der Waals surface area (Å²) in [6.07, 6.45) is 4.88. The summed E-state index contributed by atoms with van der Waals surface area (Å²) >= 11 is 0. The smallest absolute Gasteiger partial charge is 0.264 e. The quantitative estimate of drug-likeness (QED) is 0.329. The lowest BCUT2D eigenvalue weighted by molar-refractivity contribution is 0.629. The molecular weight excluding hydrogens is 442 g/mol. The Labute approximate surface area is 185 Å². The van der Waals surface area contributed by atoms with Gasteiger partial charge in [-0.2, -0.15) is 0 Å². The molecule has 6 aromatic heterocycles. The lowest BCUT2D eigenvalue weighted by Gasteiger charge is -2.12. The van der Waals surface area contributed by atoms with Crippen molar-refractivity contribution in [2.45, 2.75) is 0 Å². The maximum Gasteiger partial charge on any atom is 0.264 e. The van der Waals surface area contributed by atoms with E-state index in [1.54, 1.807) is 24.3 Å². The molecule has 2 aromatic carbocycles. The maximum absolute atomic E-state index is 14.6. The fourth-order valence-electron chi connectivity index (χ4n) is 5.20. The second-order valence-electron chi connectivity index (χ2n) is 8.20. The summed E-state index contributed by atoms with van der Waals surface area (Å²) in [5.41, 5.74) is 0.226. The first-order chi connectivity index (χ1) is 16.5. The van der Waals surface area contributed by atoms with Crippen LogP contribution in [0.3, 0.4) is 0 Å². The van der Waals surface area contributed by atoms with Gasteiger partial charge >= 0.3 is 0 Å². The molecule has 8 nitrogen and oxygen atoms in total. The number of hydrogen-bond donors (Lipinski definition) is 0. The number of hydrogen-bond acceptors (Lipinski definition) is 6. The van der Waals surface area contributed by atoms with Crippen molar-refractivity contribution in [3.63, 3.8) is 0 Å². The summed E-state index contributed by atoms with van der Waals surface area (Å²) in [7, 11) is 0. The molecule has 0 saturated carbocycles. The normalized spacial score (nSPS) is 12.6. The Hall–Kier alpha value is -4.86. The largest absolute Gasteiger partial charge is 0.268 e. The third-order valence-electron chi connectivity index (χ3n) is 6.54. The number of rotatable bonds is 0. The van der Waals surface area contributed by atoms with E-state index in [9.17, 15) is 18.4 Å². The second kappa shape index (κ2) is 5.54. The Balaban J connectivity index is 1.72. The van der Waals surface area contributed by atoms with Crippen LogP contribution >= 0.6 is 0 Å². The topological polar surface area (TPSA) is 94.5 Å². The summed E-state index contributed by atoms with van der Waals surface area (Å²) in [5.74, 6) is -1.31. The Kier molecular flexibility index (Phi) is 2.88. The molecule has 0 saturated heterocycles. The third-order valence-corrected chi connectivity index (χ3v) is 6.54. The van der Waals surface area contributed by atoms with Crippen molar-refractivity contribution < 1.29 is 8.78 Å². The Morgan fingerprint density at radius 2 is 1.00 bits per heavy atom. The van der Waals surface area contributed by atoms with Crippen LogP contribution in [0.15, 0.2) is 58.6 Å². The van der Waals surface area contributed by atoms with Crippen molar-refractivity contribution in [2.24, 2.45) is 0 Å². The van der Waals surface area contributed by atoms with Crippen molar-refractivity contribution in [2.75, 3.05) is 0 Å². The molecule has 0 aliphatic heterocycles. The molecule has 34 heavy (non-hydrogen) atoms. The molecular formula is C24H8F2N6O2. The van der Waals surface area contributed by atoms with E-state index in [0.29, 0.717) is 32.3 Å². The SMILES string of the molecule is O=c1c2ccc3c4c(ccc(c24)c2nc4cncc(F)c4n12)c(=O)n1c3nc2cncc(F)c21. The molecule has 10 heteroatoms. The van der Waals surface area contributed by atoms with Crippen LogP contribution in [0.2, 0.25) is 0 Å². The van der Waals surface area contributed by atoms with Gasteiger partial charge in [-0.3, -0.25) is 28.4 Å². The number of imidazole rings is 2. The minimum Gasteiger partial charge on any atom is -0.268 e. The zero-order valence-corrected chi connectivity index (χ0v) is 16.9. The summed E-state index contributed by atoms with van der Waals surface area (Å²) in [5, 5.41) is 2.84. The average Bonchev–Trinajstić information content (AvgIpc) is 3.42. The molecule has 0 amide bonds. The van der Waals surface area contributed by atoms with E-state index in [1.165, 1.54) is 21.2 Å². The number of nitrogens with zero attached hydrogens (tertiary/aromatic N) is 6. The van der Waals surface area contributed by atoms with Gasteiger partial charge in [-0.25, -0.2) is 18.7 Å². The van der Waals surface area contributed by atoms with Gasteiger partial charge in [0.05, 0.1) is 24.8 Å². The fraction of sp³-hybridized carbons (Fsp3) is 0. The van der Waals surface area contributed by atoms with Gasteiger partial charge in [-0.1, -0.05) is 0 Å². The Bertz CT molecular complexity index is 2140. The monoisotopic (exact) mass is 450 g/mol. The van der Waals surface area contributed by atoms with E-state index in [-0.39, 0.29) is 33.4 Å². The summed E-state index contributed by atoms with van der Waals surface area (Å²) < 4.78 is 31.7. The van der Waals surface area contributed by atoms with Crippen LogP contribution in [-0.4, -0.2) is 28.7 Å². The van der Waals surface area contributed by atoms with Crippen molar-refractivity contribution in [1.29, 1.82) is 0 Å². The highest BCUT2D eigenvalue weighted by Crippen LogP contribution is 2.36. The zero-order valence-electron chi connectivity index (χ0n) is 16.9. The van der Waals surface area contributed by atoms with E-state index < -0.39 is 22.8 Å². The summed E-state index contributed by atoms with van der Waals surface area (Å²) in [4.78, 5) is 43.7. The van der Waals surface area contributed by atoms with Crippen molar-refractivity contribution >= 4 is 65.7 Å². The van der Waals surface area contributed by atoms with Crippen LogP contribution in [0.25, 0.3) is 65.7 Å². The zero-order chi connectivity index (χ0) is 22.9. The molecule has 0 atom stereocenters. The van der Waals surface area contributed by atoms with Crippen molar-refractivity contribution in [1.82, 2.24) is 28.7 Å². The highest BCUT2D eigenvalue weighted by Gasteiger charge is 2.23. The maximum atomic E-state index is 14.6. The van der Waals surface area contributed by atoms with E-state index in [1.807, 2.05) is 0 Å². The van der Waals surface area contributed by atoms with Gasteiger partial charge < -0.3 is 0 Å². The van der Waals surface area contributed by atoms with Crippen LogP contribution in [0.1, 0.15) is 0 Å². The predicted molar refractivity (Wildman–Crippen MR) is 122 cm³/mol. The van der Waals surface area contributed by atoms with Crippen LogP contribution < -0.4 is 11.1 Å². The molecule has 8 rings (SSSR count). The molecule has 0 N–H and O–H groups in total. The first-order valence-corrected chi connectivity index (χ1v) is 10.3. The highest BCUT2D eigenvalue weighted by atomic mass is 19.1. The lowest BCUT2D eigenvalue weighted by atomic mass is 9.96. The highest BCUT2D eigenvalue weighted by molar-refractivity contribution is 6.27. The van der Waals surface area contributed by atoms with Gasteiger partial charge in [0.15, 0.2) is 11.6 Å². The van der Waals surface area contributed by atoms with Crippen LogP contribution in [-0.2, 0) is 0 Å². The number of aromatic nitrogens is 6. The van der Waals surface area contributed by atoms with Crippen LogP contribution in [0.4, 0.5) is 8.78 Å². The molecule has 160 valence electrons. The molecule has 0 bridgehead atoms. The van der Waals surface area contributed by atoms with Crippen molar-refractivity contribution in [3.8, 4) is 0 Å². The van der Waals surface area contributed by atoms with E-state index in [2.05, 4.69) is 19.9 Å². The van der Waals surface area contributed by atoms with E-state index in [0.717, 1.165) is 12.4 Å². The minimum absolute atomic E-state index is 0.0508. The molecule has 0 aliphatic rings. The summed E-state index contributed by atoms with van der Waals surface area (Å²) in [6.45, 7) is 0. The van der Waals surface area contributed by atoms with Crippen LogP contribution in [0, 0.1) is 11.6 Å². The average molecular weight is 450 g/mol. The number of fused-ring (bicyclic) bond motifs is 8. The fourth-order valence-corrected chi connectivity index (χ4v) is 5.20. The Morgan fingerprint density at radius 1 is 0.588 bits per heavy atom. The van der Waals surface area contributed by atoms with Gasteiger partial charge in [-0.05, 0) is 24.3 Å². The van der Waals surface area contributed by atoms with Gasteiger partial charge in [0.2, 0.25) is 0 Å². The molecule has 0 spiro atoms. The molecule has 0 aliphatic carbocycles.